The van der Waals surface area contributed by atoms with Crippen LogP contribution in [0.15, 0.2) is 0 Å². The molecule has 15 heavy (non-hydrogen) atoms. The van der Waals surface area contributed by atoms with E-state index in [0.29, 0.717) is 18.1 Å². The Kier molecular flexibility index (Phi) is 5.62. The molecule has 0 aromatic carbocycles. The molecular formula is C13H26O2. The van der Waals surface area contributed by atoms with Crippen molar-refractivity contribution < 1.29 is 9.47 Å². The molecule has 1 fully saturated rings. The summed E-state index contributed by atoms with van der Waals surface area (Å²) in [7, 11) is 0. The average Bonchev–Trinajstić information content (AvgIpc) is 2.66. The minimum atomic E-state index is 0.245. The molecule has 90 valence electrons. The van der Waals surface area contributed by atoms with Gasteiger partial charge in [0.25, 0.3) is 0 Å². The van der Waals surface area contributed by atoms with E-state index in [2.05, 4.69) is 27.7 Å². The highest BCUT2D eigenvalue weighted by Gasteiger charge is 2.18. The van der Waals surface area contributed by atoms with Crippen molar-refractivity contribution in [1.82, 2.24) is 0 Å². The van der Waals surface area contributed by atoms with Crippen LogP contribution in [0.2, 0.25) is 0 Å². The number of hydrogen-bond donors (Lipinski definition) is 0. The van der Waals surface area contributed by atoms with Crippen LogP contribution in [-0.2, 0) is 9.47 Å². The maximum Gasteiger partial charge on any atom is 0.0784 e. The fourth-order valence-electron chi connectivity index (χ4n) is 1.87. The fraction of sp³-hybridized carbons (Fsp3) is 1.00. The Labute approximate surface area is 94.3 Å². The van der Waals surface area contributed by atoms with Crippen molar-refractivity contribution in [2.24, 2.45) is 5.92 Å². The average molecular weight is 214 g/mol. The van der Waals surface area contributed by atoms with Gasteiger partial charge in [0.2, 0.25) is 0 Å². The molecule has 1 saturated carbocycles. The number of rotatable bonds is 6. The molecule has 2 atom stereocenters. The van der Waals surface area contributed by atoms with Crippen LogP contribution in [0.5, 0.6) is 0 Å². The molecule has 1 rings (SSSR count). The van der Waals surface area contributed by atoms with Gasteiger partial charge in [0.1, 0.15) is 0 Å². The maximum atomic E-state index is 5.92. The van der Waals surface area contributed by atoms with Gasteiger partial charge in [-0.1, -0.05) is 26.7 Å². The molecule has 0 spiro atoms. The minimum absolute atomic E-state index is 0.245. The van der Waals surface area contributed by atoms with Gasteiger partial charge in [-0.2, -0.15) is 0 Å². The van der Waals surface area contributed by atoms with Gasteiger partial charge in [-0.05, 0) is 32.6 Å². The van der Waals surface area contributed by atoms with E-state index >= 15 is 0 Å². The van der Waals surface area contributed by atoms with Crippen LogP contribution in [0.25, 0.3) is 0 Å². The van der Waals surface area contributed by atoms with E-state index in [4.69, 9.17) is 9.47 Å². The first-order chi connectivity index (χ1) is 7.09. The molecule has 2 nitrogen and oxygen atoms in total. The molecule has 2 heteroatoms. The Morgan fingerprint density at radius 1 is 1.07 bits per heavy atom. The predicted molar refractivity (Wildman–Crippen MR) is 63.1 cm³/mol. The zero-order chi connectivity index (χ0) is 11.3. The summed E-state index contributed by atoms with van der Waals surface area (Å²) >= 11 is 0. The van der Waals surface area contributed by atoms with Crippen molar-refractivity contribution in [3.8, 4) is 0 Å². The standard InChI is InChI=1S/C13H26O2/c1-10(2)12(4)14-9-11(3)15-13-7-5-6-8-13/h10-13H,5-9H2,1-4H3. The summed E-state index contributed by atoms with van der Waals surface area (Å²) in [6, 6.07) is 0. The van der Waals surface area contributed by atoms with Crippen molar-refractivity contribution in [2.75, 3.05) is 6.61 Å². The number of ether oxygens (including phenoxy) is 2. The van der Waals surface area contributed by atoms with Crippen LogP contribution in [0, 0.1) is 5.92 Å². The quantitative estimate of drug-likeness (QED) is 0.674. The smallest absolute Gasteiger partial charge is 0.0784 e. The van der Waals surface area contributed by atoms with Gasteiger partial charge in [-0.15, -0.1) is 0 Å². The van der Waals surface area contributed by atoms with E-state index in [1.165, 1.54) is 25.7 Å². The minimum Gasteiger partial charge on any atom is -0.376 e. The van der Waals surface area contributed by atoms with E-state index in [1.807, 2.05) is 0 Å². The fourth-order valence-corrected chi connectivity index (χ4v) is 1.87. The molecule has 0 N–H and O–H groups in total. The van der Waals surface area contributed by atoms with E-state index in [1.54, 1.807) is 0 Å². The SMILES string of the molecule is CC(COC(C)C(C)C)OC1CCCC1. The van der Waals surface area contributed by atoms with Crippen LogP contribution >= 0.6 is 0 Å². The molecule has 0 aromatic heterocycles. The second-order valence-electron chi connectivity index (χ2n) is 5.14. The summed E-state index contributed by atoms with van der Waals surface area (Å²) < 4.78 is 11.7. The molecule has 0 aliphatic heterocycles. The van der Waals surface area contributed by atoms with Gasteiger partial charge in [0, 0.05) is 0 Å². The summed E-state index contributed by atoms with van der Waals surface area (Å²) in [5.74, 6) is 0.587. The summed E-state index contributed by atoms with van der Waals surface area (Å²) in [5, 5.41) is 0. The van der Waals surface area contributed by atoms with Crippen molar-refractivity contribution in [2.45, 2.75) is 71.7 Å². The molecule has 0 bridgehead atoms. The highest BCUT2D eigenvalue weighted by Crippen LogP contribution is 2.22. The summed E-state index contributed by atoms with van der Waals surface area (Å²) in [6.07, 6.45) is 6.22. The summed E-state index contributed by atoms with van der Waals surface area (Å²) in [5.41, 5.74) is 0. The third kappa shape index (κ3) is 4.98. The van der Waals surface area contributed by atoms with Gasteiger partial charge in [-0.25, -0.2) is 0 Å². The molecule has 0 amide bonds. The Balaban J connectivity index is 2.09. The first-order valence-electron chi connectivity index (χ1n) is 6.36. The second-order valence-corrected chi connectivity index (χ2v) is 5.14. The Bertz CT molecular complexity index is 162. The highest BCUT2D eigenvalue weighted by atomic mass is 16.5. The Morgan fingerprint density at radius 2 is 1.67 bits per heavy atom. The lowest BCUT2D eigenvalue weighted by Gasteiger charge is -2.22. The van der Waals surface area contributed by atoms with Crippen molar-refractivity contribution >= 4 is 0 Å². The third-order valence-electron chi connectivity index (χ3n) is 3.26. The van der Waals surface area contributed by atoms with Crippen molar-refractivity contribution in [3.05, 3.63) is 0 Å². The predicted octanol–water partition coefficient (Wildman–Crippen LogP) is 3.40. The van der Waals surface area contributed by atoms with Gasteiger partial charge >= 0.3 is 0 Å². The molecule has 2 unspecified atom stereocenters. The monoisotopic (exact) mass is 214 g/mol. The third-order valence-corrected chi connectivity index (χ3v) is 3.26. The largest absolute Gasteiger partial charge is 0.376 e. The van der Waals surface area contributed by atoms with E-state index in [0.717, 1.165) is 6.61 Å². The van der Waals surface area contributed by atoms with Gasteiger partial charge in [0.05, 0.1) is 24.9 Å². The zero-order valence-electron chi connectivity index (χ0n) is 10.7. The lowest BCUT2D eigenvalue weighted by molar-refractivity contribution is -0.0697. The van der Waals surface area contributed by atoms with E-state index in [-0.39, 0.29) is 6.10 Å². The number of hydrogen-bond acceptors (Lipinski definition) is 2. The molecule has 1 aliphatic carbocycles. The molecule has 0 saturated heterocycles. The Hall–Kier alpha value is -0.0800. The van der Waals surface area contributed by atoms with Gasteiger partial charge in [-0.3, -0.25) is 0 Å². The van der Waals surface area contributed by atoms with E-state index in [9.17, 15) is 0 Å². The van der Waals surface area contributed by atoms with Gasteiger partial charge in [0.15, 0.2) is 0 Å². The van der Waals surface area contributed by atoms with Crippen LogP contribution in [-0.4, -0.2) is 24.9 Å². The highest BCUT2D eigenvalue weighted by molar-refractivity contribution is 4.68. The zero-order valence-corrected chi connectivity index (χ0v) is 10.7. The molecule has 1 aliphatic rings. The van der Waals surface area contributed by atoms with E-state index < -0.39 is 0 Å². The lowest BCUT2D eigenvalue weighted by Crippen LogP contribution is -2.26. The topological polar surface area (TPSA) is 18.5 Å². The molecular weight excluding hydrogens is 188 g/mol. The summed E-state index contributed by atoms with van der Waals surface area (Å²) in [4.78, 5) is 0. The molecule has 0 heterocycles. The second kappa shape index (κ2) is 6.49. The van der Waals surface area contributed by atoms with Crippen LogP contribution in [0.3, 0.4) is 0 Å². The van der Waals surface area contributed by atoms with Crippen molar-refractivity contribution in [3.63, 3.8) is 0 Å². The van der Waals surface area contributed by atoms with Gasteiger partial charge < -0.3 is 9.47 Å². The molecule has 0 radical (unpaired) electrons. The molecule has 0 aromatic rings. The first kappa shape index (κ1) is 13.0. The summed E-state index contributed by atoms with van der Waals surface area (Å²) in [6.45, 7) is 9.36. The van der Waals surface area contributed by atoms with Crippen molar-refractivity contribution in [1.29, 1.82) is 0 Å². The van der Waals surface area contributed by atoms with Crippen LogP contribution in [0.1, 0.15) is 53.4 Å². The normalized spacial score (nSPS) is 22.2. The lowest BCUT2D eigenvalue weighted by atomic mass is 10.1. The van der Waals surface area contributed by atoms with Crippen LogP contribution < -0.4 is 0 Å². The van der Waals surface area contributed by atoms with Crippen LogP contribution in [0.4, 0.5) is 0 Å². The maximum absolute atomic E-state index is 5.92. The first-order valence-corrected chi connectivity index (χ1v) is 6.36. The Morgan fingerprint density at radius 3 is 2.20 bits per heavy atom.